The van der Waals surface area contributed by atoms with Gasteiger partial charge in [0, 0.05) is 0 Å². The van der Waals surface area contributed by atoms with E-state index >= 15 is 0 Å². The summed E-state index contributed by atoms with van der Waals surface area (Å²) in [5, 5.41) is 0. The van der Waals surface area contributed by atoms with Crippen LogP contribution in [0.25, 0.3) is 0 Å². The van der Waals surface area contributed by atoms with E-state index in [1.807, 2.05) is 0 Å². The summed E-state index contributed by atoms with van der Waals surface area (Å²) >= 11 is -0.990. The standard InChI is InChI=1S/C4H9O.ClH.In/c1-2-3-4-5;;/h2-4H2,1H3;1H;/q-1;;+2/p-1. The van der Waals surface area contributed by atoms with Crippen molar-refractivity contribution >= 4 is 30.7 Å². The van der Waals surface area contributed by atoms with Gasteiger partial charge in [-0.25, -0.2) is 0 Å². The second-order valence-electron chi connectivity index (χ2n) is 1.31. The molecule has 3 heteroatoms. The Bertz CT molecular complexity index is 30.9. The minimum absolute atomic E-state index is 0.890. The van der Waals surface area contributed by atoms with Gasteiger partial charge in [-0.2, -0.15) is 0 Å². The van der Waals surface area contributed by atoms with Crippen molar-refractivity contribution in [1.29, 1.82) is 0 Å². The summed E-state index contributed by atoms with van der Waals surface area (Å²) < 4.78 is 5.03. The molecule has 0 N–H and O–H groups in total. The van der Waals surface area contributed by atoms with E-state index < -0.39 is 22.2 Å². The topological polar surface area (TPSA) is 9.23 Å². The average molecular weight is 223 g/mol. The monoisotopic (exact) mass is 223 g/mol. The van der Waals surface area contributed by atoms with E-state index in [9.17, 15) is 0 Å². The molecule has 0 amide bonds. The molecule has 0 spiro atoms. The Hall–Kier alpha value is 1.12. The molecule has 0 aromatic carbocycles. The molecule has 0 unspecified atom stereocenters. The van der Waals surface area contributed by atoms with Crippen LogP contribution in [0.4, 0.5) is 0 Å². The molecule has 0 fully saturated rings. The quantitative estimate of drug-likeness (QED) is 0.658. The normalized spacial score (nSPS) is 8.86. The molecular formula is C4H9ClInO. The summed E-state index contributed by atoms with van der Waals surface area (Å²) in [4.78, 5) is 0. The summed E-state index contributed by atoms with van der Waals surface area (Å²) in [7, 11) is 5.41. The molecule has 0 heterocycles. The molecule has 0 rings (SSSR count). The first-order valence-corrected chi connectivity index (χ1v) is 7.97. The molecule has 1 radical (unpaired) electrons. The number of rotatable bonds is 4. The van der Waals surface area contributed by atoms with Crippen LogP contribution in [0, 0.1) is 0 Å². The Kier molecular flexibility index (Phi) is 8.26. The minimum atomic E-state index is -0.990. The number of hydrogen-bond donors (Lipinski definition) is 0. The zero-order valence-corrected chi connectivity index (χ0v) is 8.54. The first-order chi connectivity index (χ1) is 3.41. The van der Waals surface area contributed by atoms with Crippen molar-refractivity contribution in [1.82, 2.24) is 0 Å². The van der Waals surface area contributed by atoms with Crippen molar-refractivity contribution in [3.63, 3.8) is 0 Å². The Balaban J connectivity index is 2.45. The Labute approximate surface area is 59.9 Å². The molecule has 7 heavy (non-hydrogen) atoms. The van der Waals surface area contributed by atoms with Gasteiger partial charge in [0.1, 0.15) is 0 Å². The molecule has 1 nitrogen and oxygen atoms in total. The van der Waals surface area contributed by atoms with E-state index in [1.54, 1.807) is 0 Å². The summed E-state index contributed by atoms with van der Waals surface area (Å²) in [6.45, 7) is 3.03. The SMILES string of the molecule is CCCC[O][In][Cl]. The average Bonchev–Trinajstić information content (AvgIpc) is 1.69. The molecule has 41 valence electrons. The molecule has 0 saturated carbocycles. The van der Waals surface area contributed by atoms with Crippen molar-refractivity contribution in [2.75, 3.05) is 6.61 Å². The van der Waals surface area contributed by atoms with E-state index in [1.165, 1.54) is 12.8 Å². The second kappa shape index (κ2) is 7.12. The molecule has 0 aromatic heterocycles. The van der Waals surface area contributed by atoms with E-state index in [-0.39, 0.29) is 0 Å². The van der Waals surface area contributed by atoms with Crippen LogP contribution in [-0.4, -0.2) is 28.8 Å². The summed E-state index contributed by atoms with van der Waals surface area (Å²) in [6, 6.07) is 0. The van der Waals surface area contributed by atoms with Gasteiger partial charge < -0.3 is 0 Å². The molecule has 0 saturated heterocycles. The Morgan fingerprint density at radius 1 is 1.71 bits per heavy atom. The van der Waals surface area contributed by atoms with Crippen molar-refractivity contribution in [3.8, 4) is 0 Å². The predicted molar refractivity (Wildman–Crippen MR) is 32.5 cm³/mol. The van der Waals surface area contributed by atoms with Gasteiger partial charge in [0.25, 0.3) is 0 Å². The van der Waals surface area contributed by atoms with E-state index in [0.29, 0.717) is 0 Å². The molecular weight excluding hydrogens is 214 g/mol. The van der Waals surface area contributed by atoms with E-state index in [4.69, 9.17) is 11.4 Å². The molecule has 0 aliphatic carbocycles. The third-order valence-electron chi connectivity index (χ3n) is 0.679. The fourth-order valence-corrected chi connectivity index (χ4v) is 1.60. The van der Waals surface area contributed by atoms with Crippen molar-refractivity contribution in [2.45, 2.75) is 19.8 Å². The maximum atomic E-state index is 5.41. The van der Waals surface area contributed by atoms with Gasteiger partial charge in [0.05, 0.1) is 0 Å². The third kappa shape index (κ3) is 7.12. The Morgan fingerprint density at radius 3 is 2.86 bits per heavy atom. The summed E-state index contributed by atoms with van der Waals surface area (Å²) in [5.41, 5.74) is 0. The van der Waals surface area contributed by atoms with E-state index in [2.05, 4.69) is 6.92 Å². The molecule has 0 aliphatic rings. The van der Waals surface area contributed by atoms with Crippen molar-refractivity contribution < 1.29 is 2.85 Å². The van der Waals surface area contributed by atoms with E-state index in [0.717, 1.165) is 6.61 Å². The summed E-state index contributed by atoms with van der Waals surface area (Å²) in [6.07, 6.45) is 2.37. The first kappa shape index (κ1) is 8.12. The van der Waals surface area contributed by atoms with Crippen LogP contribution in [0.15, 0.2) is 0 Å². The second-order valence-corrected chi connectivity index (χ2v) is 3.97. The van der Waals surface area contributed by atoms with Crippen LogP contribution in [0.5, 0.6) is 0 Å². The van der Waals surface area contributed by atoms with Crippen molar-refractivity contribution in [2.24, 2.45) is 0 Å². The van der Waals surface area contributed by atoms with Gasteiger partial charge in [-0.15, -0.1) is 0 Å². The van der Waals surface area contributed by atoms with Gasteiger partial charge in [-0.1, -0.05) is 0 Å². The predicted octanol–water partition coefficient (Wildman–Crippen LogP) is 1.58. The van der Waals surface area contributed by atoms with Crippen LogP contribution in [0.1, 0.15) is 19.8 Å². The van der Waals surface area contributed by atoms with Gasteiger partial charge in [-0.05, 0) is 0 Å². The fraction of sp³-hybridized carbons (Fsp3) is 1.00. The van der Waals surface area contributed by atoms with Gasteiger partial charge >= 0.3 is 60.0 Å². The third-order valence-corrected chi connectivity index (χ3v) is 2.56. The van der Waals surface area contributed by atoms with Crippen molar-refractivity contribution in [3.05, 3.63) is 0 Å². The number of hydrogen-bond acceptors (Lipinski definition) is 1. The van der Waals surface area contributed by atoms with Gasteiger partial charge in [0.2, 0.25) is 0 Å². The van der Waals surface area contributed by atoms with Gasteiger partial charge in [-0.3, -0.25) is 0 Å². The zero-order valence-electron chi connectivity index (χ0n) is 4.48. The molecule has 0 bridgehead atoms. The molecule has 0 atom stereocenters. The van der Waals surface area contributed by atoms with Crippen LogP contribution in [-0.2, 0) is 2.85 Å². The van der Waals surface area contributed by atoms with Crippen LogP contribution < -0.4 is 0 Å². The molecule has 0 aliphatic heterocycles. The van der Waals surface area contributed by atoms with Crippen LogP contribution >= 0.6 is 8.58 Å². The molecule has 0 aromatic rings. The first-order valence-electron chi connectivity index (χ1n) is 2.45. The van der Waals surface area contributed by atoms with Crippen LogP contribution in [0.3, 0.4) is 0 Å². The summed E-state index contributed by atoms with van der Waals surface area (Å²) in [5.74, 6) is 0. The number of unbranched alkanes of at least 4 members (excludes halogenated alkanes) is 1. The number of halogens is 1. The van der Waals surface area contributed by atoms with Gasteiger partial charge in [0.15, 0.2) is 0 Å². The Morgan fingerprint density at radius 2 is 2.43 bits per heavy atom. The maximum absolute atomic E-state index is 5.41. The van der Waals surface area contributed by atoms with Crippen LogP contribution in [0.2, 0.25) is 0 Å². The zero-order chi connectivity index (χ0) is 5.54. The fourth-order valence-electron chi connectivity index (χ4n) is 0.272.